The highest BCUT2D eigenvalue weighted by molar-refractivity contribution is 7.89. The van der Waals surface area contributed by atoms with Crippen LogP contribution >= 0.6 is 0 Å². The van der Waals surface area contributed by atoms with E-state index >= 15 is 0 Å². The molecule has 124 valence electrons. The van der Waals surface area contributed by atoms with Crippen LogP contribution in [0.2, 0.25) is 0 Å². The average molecular weight is 335 g/mol. The molecule has 0 atom stereocenters. The fourth-order valence-corrected chi connectivity index (χ4v) is 4.88. The lowest BCUT2D eigenvalue weighted by molar-refractivity contribution is 0.346. The molecule has 1 aromatic heterocycles. The molecule has 1 fully saturated rings. The van der Waals surface area contributed by atoms with Crippen molar-refractivity contribution in [3.63, 3.8) is 0 Å². The van der Waals surface area contributed by atoms with Crippen LogP contribution < -0.4 is 5.56 Å². The summed E-state index contributed by atoms with van der Waals surface area (Å²) < 4.78 is 30.3. The van der Waals surface area contributed by atoms with E-state index in [1.165, 1.54) is 8.99 Å². The van der Waals surface area contributed by atoms with Crippen LogP contribution in [0.4, 0.5) is 0 Å². The zero-order chi connectivity index (χ0) is 16.6. The molecule has 7 heteroatoms. The second kappa shape index (κ2) is 5.98. The highest BCUT2D eigenvalue weighted by Crippen LogP contribution is 2.22. The average Bonchev–Trinajstić information content (AvgIpc) is 2.79. The van der Waals surface area contributed by atoms with Gasteiger partial charge in [-0.2, -0.15) is 4.31 Å². The van der Waals surface area contributed by atoms with Crippen molar-refractivity contribution in [3.8, 4) is 5.69 Å². The first-order valence-electron chi connectivity index (χ1n) is 7.79. The highest BCUT2D eigenvalue weighted by Gasteiger charge is 2.33. The van der Waals surface area contributed by atoms with E-state index in [0.717, 1.165) is 19.3 Å². The summed E-state index contributed by atoms with van der Waals surface area (Å²) in [5.41, 5.74) is 0.634. The zero-order valence-electron chi connectivity index (χ0n) is 13.4. The molecule has 2 heterocycles. The van der Waals surface area contributed by atoms with Crippen LogP contribution in [0.3, 0.4) is 0 Å². The van der Waals surface area contributed by atoms with Crippen molar-refractivity contribution in [2.75, 3.05) is 13.1 Å². The van der Waals surface area contributed by atoms with E-state index < -0.39 is 15.6 Å². The summed E-state index contributed by atoms with van der Waals surface area (Å²) in [6, 6.07) is 9.08. The Bertz CT molecular complexity index is 860. The molecule has 1 aromatic carbocycles. The molecule has 23 heavy (non-hydrogen) atoms. The molecule has 1 aliphatic heterocycles. The summed E-state index contributed by atoms with van der Waals surface area (Å²) in [5.74, 6) is 0. The molecule has 0 aliphatic carbocycles. The Balaban J connectivity index is 2.16. The third-order valence-corrected chi connectivity index (χ3v) is 6.45. The predicted molar refractivity (Wildman–Crippen MR) is 88.4 cm³/mol. The summed E-state index contributed by atoms with van der Waals surface area (Å²) >= 11 is 0. The number of hydrogen-bond donors (Lipinski definition) is 0. The number of nitrogens with zero attached hydrogens (tertiary/aromatic N) is 3. The Hall–Kier alpha value is -1.86. The first-order chi connectivity index (χ1) is 10.9. The molecule has 1 saturated heterocycles. The molecule has 6 nitrogen and oxygen atoms in total. The van der Waals surface area contributed by atoms with Crippen LogP contribution in [0.1, 0.15) is 25.0 Å². The van der Waals surface area contributed by atoms with Crippen molar-refractivity contribution < 1.29 is 8.42 Å². The van der Waals surface area contributed by atoms with E-state index in [-0.39, 0.29) is 4.90 Å². The Labute approximate surface area is 136 Å². The number of para-hydroxylation sites is 1. The fraction of sp³-hybridized carbons (Fsp3) is 0.438. The Morgan fingerprint density at radius 1 is 1.00 bits per heavy atom. The van der Waals surface area contributed by atoms with Crippen molar-refractivity contribution in [2.24, 2.45) is 7.05 Å². The smallest absolute Gasteiger partial charge is 0.284 e. The van der Waals surface area contributed by atoms with E-state index in [2.05, 4.69) is 0 Å². The summed E-state index contributed by atoms with van der Waals surface area (Å²) in [5, 5.41) is 0. The van der Waals surface area contributed by atoms with Crippen LogP contribution in [0.25, 0.3) is 5.69 Å². The molecule has 0 N–H and O–H groups in total. The van der Waals surface area contributed by atoms with Crippen molar-refractivity contribution >= 4 is 10.0 Å². The SMILES string of the molecule is Cc1c(S(=O)(=O)N2CCCCC2)c(=O)n(-c2ccccc2)n1C. The predicted octanol–water partition coefficient (Wildman–Crippen LogP) is 1.66. The highest BCUT2D eigenvalue weighted by atomic mass is 32.2. The summed E-state index contributed by atoms with van der Waals surface area (Å²) in [6.07, 6.45) is 2.73. The minimum Gasteiger partial charge on any atom is -0.284 e. The number of benzene rings is 1. The van der Waals surface area contributed by atoms with Gasteiger partial charge in [-0.05, 0) is 31.9 Å². The number of hydrogen-bond acceptors (Lipinski definition) is 3. The fourth-order valence-electron chi connectivity index (χ4n) is 3.08. The maximum atomic E-state index is 12.9. The lowest BCUT2D eigenvalue weighted by Crippen LogP contribution is -2.38. The molecule has 0 spiro atoms. The Kier molecular flexibility index (Phi) is 4.16. The summed E-state index contributed by atoms with van der Waals surface area (Å²) in [4.78, 5) is 12.7. The molecular weight excluding hydrogens is 314 g/mol. The van der Waals surface area contributed by atoms with Gasteiger partial charge in [0, 0.05) is 20.1 Å². The monoisotopic (exact) mass is 335 g/mol. The summed E-state index contributed by atoms with van der Waals surface area (Å²) in [6.45, 7) is 2.65. The molecule has 0 amide bonds. The minimum absolute atomic E-state index is 0.106. The first kappa shape index (κ1) is 16.0. The van der Waals surface area contributed by atoms with E-state index in [9.17, 15) is 13.2 Å². The van der Waals surface area contributed by atoms with Gasteiger partial charge in [-0.25, -0.2) is 13.1 Å². The minimum atomic E-state index is -3.75. The standard InChI is InChI=1S/C16H21N3O3S/c1-13-15(23(21,22)18-11-7-4-8-12-18)16(20)19(17(13)2)14-9-5-3-6-10-14/h3,5-6,9-10H,4,7-8,11-12H2,1-2H3. The largest absolute Gasteiger partial charge is 0.291 e. The van der Waals surface area contributed by atoms with Gasteiger partial charge in [0.05, 0.1) is 11.4 Å². The number of piperidine rings is 1. The van der Waals surface area contributed by atoms with Gasteiger partial charge >= 0.3 is 0 Å². The van der Waals surface area contributed by atoms with Gasteiger partial charge in [0.15, 0.2) is 4.90 Å². The maximum absolute atomic E-state index is 12.9. The van der Waals surface area contributed by atoms with Gasteiger partial charge in [-0.15, -0.1) is 0 Å². The maximum Gasteiger partial charge on any atom is 0.291 e. The Morgan fingerprint density at radius 3 is 2.22 bits per heavy atom. The van der Waals surface area contributed by atoms with Crippen molar-refractivity contribution in [2.45, 2.75) is 31.1 Å². The molecule has 2 aromatic rings. The van der Waals surface area contributed by atoms with Gasteiger partial charge in [0.25, 0.3) is 5.56 Å². The lowest BCUT2D eigenvalue weighted by Gasteiger charge is -2.25. The van der Waals surface area contributed by atoms with Crippen LogP contribution in [0, 0.1) is 6.92 Å². The quantitative estimate of drug-likeness (QED) is 0.857. The van der Waals surface area contributed by atoms with Crippen LogP contribution in [-0.2, 0) is 17.1 Å². The molecule has 1 aliphatic rings. The van der Waals surface area contributed by atoms with Gasteiger partial charge in [0.1, 0.15) is 0 Å². The van der Waals surface area contributed by atoms with Gasteiger partial charge < -0.3 is 0 Å². The molecule has 3 rings (SSSR count). The first-order valence-corrected chi connectivity index (χ1v) is 9.23. The van der Waals surface area contributed by atoms with E-state index in [0.29, 0.717) is 24.5 Å². The van der Waals surface area contributed by atoms with E-state index in [1.54, 1.807) is 30.8 Å². The third kappa shape index (κ3) is 2.64. The van der Waals surface area contributed by atoms with Crippen LogP contribution in [0.5, 0.6) is 0 Å². The van der Waals surface area contributed by atoms with Crippen molar-refractivity contribution in [3.05, 3.63) is 46.4 Å². The molecule has 0 unspecified atom stereocenters. The van der Waals surface area contributed by atoms with Gasteiger partial charge in [-0.1, -0.05) is 24.6 Å². The number of aromatic nitrogens is 2. The molecule has 0 saturated carbocycles. The topological polar surface area (TPSA) is 64.3 Å². The second-order valence-electron chi connectivity index (χ2n) is 5.86. The van der Waals surface area contributed by atoms with Gasteiger partial charge in [0.2, 0.25) is 10.0 Å². The van der Waals surface area contributed by atoms with Crippen molar-refractivity contribution in [1.29, 1.82) is 0 Å². The molecule has 0 bridgehead atoms. The van der Waals surface area contributed by atoms with Crippen molar-refractivity contribution in [1.82, 2.24) is 13.7 Å². The zero-order valence-corrected chi connectivity index (χ0v) is 14.2. The van der Waals surface area contributed by atoms with Crippen LogP contribution in [0.15, 0.2) is 40.0 Å². The van der Waals surface area contributed by atoms with Crippen LogP contribution in [-0.4, -0.2) is 35.2 Å². The Morgan fingerprint density at radius 2 is 1.61 bits per heavy atom. The lowest BCUT2D eigenvalue weighted by atomic mass is 10.2. The van der Waals surface area contributed by atoms with E-state index in [1.807, 2.05) is 18.2 Å². The van der Waals surface area contributed by atoms with Gasteiger partial charge in [-0.3, -0.25) is 9.48 Å². The third-order valence-electron chi connectivity index (χ3n) is 4.41. The number of sulfonamides is 1. The summed E-state index contributed by atoms with van der Waals surface area (Å²) in [7, 11) is -2.05. The molecule has 0 radical (unpaired) electrons. The van der Waals surface area contributed by atoms with E-state index in [4.69, 9.17) is 0 Å². The number of rotatable bonds is 3. The second-order valence-corrected chi connectivity index (χ2v) is 7.73. The molecular formula is C16H21N3O3S. The normalized spacial score (nSPS) is 16.6.